The van der Waals surface area contributed by atoms with Crippen LogP contribution in [-0.4, -0.2) is 20.2 Å². The highest BCUT2D eigenvalue weighted by atomic mass is 19.1. The van der Waals surface area contributed by atoms with Crippen LogP contribution in [0, 0.1) is 5.82 Å². The van der Waals surface area contributed by atoms with Gasteiger partial charge < -0.3 is 16.4 Å². The molecule has 3 aromatic rings. The molecule has 5 N–H and O–H groups in total. The van der Waals surface area contributed by atoms with Crippen molar-refractivity contribution in [1.82, 2.24) is 20.2 Å². The monoisotopic (exact) mass is 341 g/mol. The molecule has 0 spiro atoms. The van der Waals surface area contributed by atoms with E-state index in [-0.39, 0.29) is 17.8 Å². The van der Waals surface area contributed by atoms with Gasteiger partial charge in [-0.2, -0.15) is 15.1 Å². The van der Waals surface area contributed by atoms with Crippen LogP contribution < -0.4 is 16.4 Å². The summed E-state index contributed by atoms with van der Waals surface area (Å²) in [4.78, 5) is 8.36. The molecule has 0 saturated heterocycles. The number of nitrogens with zero attached hydrogens (tertiary/aromatic N) is 3. The number of rotatable bonds is 6. The van der Waals surface area contributed by atoms with Crippen molar-refractivity contribution in [2.45, 2.75) is 26.3 Å². The third-order valence-electron chi connectivity index (χ3n) is 3.75. The Morgan fingerprint density at radius 1 is 1.12 bits per heavy atom. The number of anilines is 4. The molecule has 7 nitrogen and oxygen atoms in total. The van der Waals surface area contributed by atoms with E-state index in [1.165, 1.54) is 12.1 Å². The Bertz CT molecular complexity index is 844. The predicted octanol–water partition coefficient (Wildman–Crippen LogP) is 3.40. The number of H-pyrrole nitrogens is 1. The fourth-order valence-corrected chi connectivity index (χ4v) is 2.40. The fourth-order valence-electron chi connectivity index (χ4n) is 2.40. The Labute approximate surface area is 144 Å². The van der Waals surface area contributed by atoms with Gasteiger partial charge in [0.05, 0.1) is 0 Å². The number of nitrogen functional groups attached to an aromatic ring is 1. The zero-order valence-corrected chi connectivity index (χ0v) is 14.0. The molecule has 2 aromatic heterocycles. The average Bonchev–Trinajstić information content (AvgIpc) is 3.02. The molecular weight excluding hydrogens is 321 g/mol. The van der Waals surface area contributed by atoms with Crippen LogP contribution in [0.15, 0.2) is 36.4 Å². The number of hydrogen-bond donors (Lipinski definition) is 4. The number of aromatic amines is 1. The lowest BCUT2D eigenvalue weighted by atomic mass is 10.1. The minimum Gasteiger partial charge on any atom is -0.368 e. The van der Waals surface area contributed by atoms with Crippen LogP contribution in [0.3, 0.4) is 0 Å². The van der Waals surface area contributed by atoms with Crippen molar-refractivity contribution in [2.24, 2.45) is 0 Å². The molecule has 3 rings (SSSR count). The number of nitrogens with one attached hydrogen (secondary N) is 3. The average molecular weight is 341 g/mol. The van der Waals surface area contributed by atoms with Crippen molar-refractivity contribution in [3.63, 3.8) is 0 Å². The third-order valence-corrected chi connectivity index (χ3v) is 3.75. The van der Waals surface area contributed by atoms with E-state index in [4.69, 9.17) is 5.73 Å². The molecule has 1 aromatic carbocycles. The normalized spacial score (nSPS) is 12.0. The number of benzene rings is 1. The molecular formula is C17H20FN7. The summed E-state index contributed by atoms with van der Waals surface area (Å²) in [5.41, 5.74) is 7.76. The molecule has 0 saturated carbocycles. The van der Waals surface area contributed by atoms with E-state index in [0.717, 1.165) is 17.7 Å². The lowest BCUT2D eigenvalue weighted by Gasteiger charge is -2.16. The summed E-state index contributed by atoms with van der Waals surface area (Å²) in [6.45, 7) is 4.00. The molecule has 2 heterocycles. The highest BCUT2D eigenvalue weighted by molar-refractivity contribution is 5.58. The first-order chi connectivity index (χ1) is 12.0. The molecule has 25 heavy (non-hydrogen) atoms. The molecule has 0 radical (unpaired) electrons. The summed E-state index contributed by atoms with van der Waals surface area (Å²) in [6.07, 6.45) is 0.864. The first-order valence-electron chi connectivity index (χ1n) is 8.01. The summed E-state index contributed by atoms with van der Waals surface area (Å²) in [7, 11) is 0. The number of halogens is 1. The van der Waals surface area contributed by atoms with Crippen LogP contribution in [0.4, 0.5) is 27.8 Å². The van der Waals surface area contributed by atoms with Gasteiger partial charge >= 0.3 is 0 Å². The number of nitrogens with two attached hydrogens (primary N) is 1. The Balaban J connectivity index is 1.75. The van der Waals surface area contributed by atoms with Gasteiger partial charge in [-0.3, -0.25) is 5.10 Å². The highest BCUT2D eigenvalue weighted by Gasteiger charge is 2.09. The van der Waals surface area contributed by atoms with Crippen molar-refractivity contribution in [3.05, 3.63) is 53.5 Å². The van der Waals surface area contributed by atoms with Gasteiger partial charge in [0.15, 0.2) is 5.82 Å². The van der Waals surface area contributed by atoms with E-state index in [2.05, 4.69) is 30.8 Å². The number of aryl methyl sites for hydroxylation is 1. The minimum atomic E-state index is -0.265. The van der Waals surface area contributed by atoms with Crippen molar-refractivity contribution < 1.29 is 4.39 Å². The molecule has 130 valence electrons. The van der Waals surface area contributed by atoms with E-state index in [1.807, 2.05) is 19.9 Å². The lowest BCUT2D eigenvalue weighted by Crippen LogP contribution is -2.10. The predicted molar refractivity (Wildman–Crippen MR) is 96.1 cm³/mol. The number of hydrogen-bond acceptors (Lipinski definition) is 6. The number of aromatic nitrogens is 4. The van der Waals surface area contributed by atoms with Crippen LogP contribution in [0.5, 0.6) is 0 Å². The minimum absolute atomic E-state index is 0.0696. The van der Waals surface area contributed by atoms with Gasteiger partial charge in [0, 0.05) is 23.9 Å². The van der Waals surface area contributed by atoms with Gasteiger partial charge in [-0.05, 0) is 31.0 Å². The fraction of sp³-hybridized carbons (Fsp3) is 0.235. The van der Waals surface area contributed by atoms with Gasteiger partial charge in [0.2, 0.25) is 5.95 Å². The van der Waals surface area contributed by atoms with Crippen molar-refractivity contribution in [3.8, 4) is 0 Å². The second-order valence-electron chi connectivity index (χ2n) is 5.67. The molecule has 0 fully saturated rings. The highest BCUT2D eigenvalue weighted by Crippen LogP contribution is 2.22. The Hall–Kier alpha value is -3.16. The molecule has 1 atom stereocenters. The van der Waals surface area contributed by atoms with Crippen molar-refractivity contribution in [1.29, 1.82) is 0 Å². The molecule has 1 unspecified atom stereocenters. The second kappa shape index (κ2) is 7.16. The lowest BCUT2D eigenvalue weighted by molar-refractivity contribution is 0.626. The van der Waals surface area contributed by atoms with Crippen LogP contribution in [0.25, 0.3) is 0 Å². The zero-order valence-electron chi connectivity index (χ0n) is 14.0. The summed E-state index contributed by atoms with van der Waals surface area (Å²) in [6, 6.07) is 9.90. The van der Waals surface area contributed by atoms with E-state index in [0.29, 0.717) is 17.5 Å². The topological polar surface area (TPSA) is 105 Å². The molecule has 0 amide bonds. The maximum atomic E-state index is 13.0. The SMILES string of the molecule is CCc1cc(Nc2cc(NC(C)c3ccc(F)cc3)nc(N)n2)n[nH]1. The van der Waals surface area contributed by atoms with Crippen molar-refractivity contribution in [2.75, 3.05) is 16.4 Å². The van der Waals surface area contributed by atoms with Crippen LogP contribution >= 0.6 is 0 Å². The Kier molecular flexibility index (Phi) is 4.78. The van der Waals surface area contributed by atoms with E-state index in [9.17, 15) is 4.39 Å². The third kappa shape index (κ3) is 4.23. The first kappa shape index (κ1) is 16.7. The molecule has 0 aliphatic carbocycles. The quantitative estimate of drug-likeness (QED) is 0.548. The zero-order chi connectivity index (χ0) is 17.8. The largest absolute Gasteiger partial charge is 0.368 e. The van der Waals surface area contributed by atoms with Gasteiger partial charge in [-0.25, -0.2) is 4.39 Å². The summed E-state index contributed by atoms with van der Waals surface area (Å²) in [5, 5.41) is 13.4. The smallest absolute Gasteiger partial charge is 0.223 e. The first-order valence-corrected chi connectivity index (χ1v) is 8.01. The molecule has 8 heteroatoms. The maximum absolute atomic E-state index is 13.0. The van der Waals surface area contributed by atoms with Crippen LogP contribution in [0.1, 0.15) is 31.1 Å². The Morgan fingerprint density at radius 2 is 1.84 bits per heavy atom. The summed E-state index contributed by atoms with van der Waals surface area (Å²) < 4.78 is 13.0. The maximum Gasteiger partial charge on any atom is 0.223 e. The second-order valence-corrected chi connectivity index (χ2v) is 5.67. The van der Waals surface area contributed by atoms with Gasteiger partial charge in [0.1, 0.15) is 17.5 Å². The van der Waals surface area contributed by atoms with E-state index < -0.39 is 0 Å². The van der Waals surface area contributed by atoms with Gasteiger partial charge in [-0.1, -0.05) is 19.1 Å². The van der Waals surface area contributed by atoms with Crippen molar-refractivity contribution >= 4 is 23.4 Å². The summed E-state index contributed by atoms with van der Waals surface area (Å²) >= 11 is 0. The van der Waals surface area contributed by atoms with E-state index in [1.54, 1.807) is 18.2 Å². The van der Waals surface area contributed by atoms with Crippen LogP contribution in [0.2, 0.25) is 0 Å². The van der Waals surface area contributed by atoms with Crippen LogP contribution in [-0.2, 0) is 6.42 Å². The molecule has 0 bridgehead atoms. The standard InChI is InChI=1S/C17H20FN7/c1-3-13-8-16(25-24-13)21-15-9-14(22-17(19)23-15)20-10(2)11-4-6-12(18)7-5-11/h4-10H,3H2,1-2H3,(H5,19,20,21,22,23,24,25). The molecule has 0 aliphatic rings. The van der Waals surface area contributed by atoms with E-state index >= 15 is 0 Å². The molecule has 0 aliphatic heterocycles. The van der Waals surface area contributed by atoms with Gasteiger partial charge in [0.25, 0.3) is 0 Å². The summed E-state index contributed by atoms with van der Waals surface area (Å²) in [5.74, 6) is 1.64. The van der Waals surface area contributed by atoms with Gasteiger partial charge in [-0.15, -0.1) is 0 Å². The Morgan fingerprint density at radius 3 is 2.52 bits per heavy atom.